The van der Waals surface area contributed by atoms with Gasteiger partial charge in [0.1, 0.15) is 0 Å². The molecule has 0 bridgehead atoms. The predicted molar refractivity (Wildman–Crippen MR) is 73.3 cm³/mol. The maximum absolute atomic E-state index is 11.6. The lowest BCUT2D eigenvalue weighted by molar-refractivity contribution is -0.137. The van der Waals surface area contributed by atoms with Crippen LogP contribution in [-0.4, -0.2) is 12.6 Å². The van der Waals surface area contributed by atoms with Crippen molar-refractivity contribution in [2.24, 2.45) is 0 Å². The third-order valence-electron chi connectivity index (χ3n) is 3.60. The number of benzene rings is 1. The minimum absolute atomic E-state index is 0.183. The van der Waals surface area contributed by atoms with Gasteiger partial charge in [-0.1, -0.05) is 38.1 Å². The molecule has 0 amide bonds. The van der Waals surface area contributed by atoms with E-state index in [1.807, 2.05) is 13.0 Å². The van der Waals surface area contributed by atoms with Gasteiger partial charge in [0.25, 0.3) is 0 Å². The summed E-state index contributed by atoms with van der Waals surface area (Å²) in [6.07, 6.45) is 3.65. The summed E-state index contributed by atoms with van der Waals surface area (Å²) in [5.41, 5.74) is 3.81. The summed E-state index contributed by atoms with van der Waals surface area (Å²) in [5, 5.41) is 0. The Kier molecular flexibility index (Phi) is 3.55. The molecule has 0 spiro atoms. The Bertz CT molecular complexity index is 484. The molecule has 0 atom stereocenters. The second-order valence-electron chi connectivity index (χ2n) is 5.35. The Morgan fingerprint density at radius 3 is 2.83 bits per heavy atom. The summed E-state index contributed by atoms with van der Waals surface area (Å²) < 4.78 is 5.00. The highest BCUT2D eigenvalue weighted by molar-refractivity contribution is 5.92. The molecule has 0 heterocycles. The largest absolute Gasteiger partial charge is 0.463 e. The lowest BCUT2D eigenvalue weighted by Crippen LogP contribution is -2.23. The summed E-state index contributed by atoms with van der Waals surface area (Å²) in [7, 11) is 0. The van der Waals surface area contributed by atoms with E-state index in [1.165, 1.54) is 11.1 Å². The molecule has 0 unspecified atom stereocenters. The summed E-state index contributed by atoms with van der Waals surface area (Å²) in [6, 6.07) is 8.35. The van der Waals surface area contributed by atoms with Gasteiger partial charge in [-0.2, -0.15) is 0 Å². The molecule has 0 aromatic heterocycles. The van der Waals surface area contributed by atoms with Gasteiger partial charge in [0.2, 0.25) is 0 Å². The average Bonchev–Trinajstić information content (AvgIpc) is 2.34. The fraction of sp³-hybridized carbons (Fsp3) is 0.438. The molecule has 1 aromatic carbocycles. The molecule has 18 heavy (non-hydrogen) atoms. The molecule has 2 rings (SSSR count). The number of ether oxygens (including phenoxy) is 1. The molecule has 0 radical (unpaired) electrons. The van der Waals surface area contributed by atoms with E-state index in [2.05, 4.69) is 32.0 Å². The van der Waals surface area contributed by atoms with Gasteiger partial charge in [0.05, 0.1) is 6.61 Å². The van der Waals surface area contributed by atoms with E-state index in [0.717, 1.165) is 18.4 Å². The van der Waals surface area contributed by atoms with E-state index >= 15 is 0 Å². The molecular weight excluding hydrogens is 224 g/mol. The monoisotopic (exact) mass is 244 g/mol. The summed E-state index contributed by atoms with van der Waals surface area (Å²) in [5.74, 6) is -0.234. The van der Waals surface area contributed by atoms with Crippen LogP contribution in [0.1, 0.15) is 44.7 Å². The van der Waals surface area contributed by atoms with Crippen LogP contribution < -0.4 is 0 Å². The third-order valence-corrected chi connectivity index (χ3v) is 3.60. The van der Waals surface area contributed by atoms with Crippen molar-refractivity contribution in [3.63, 3.8) is 0 Å². The average molecular weight is 244 g/mol. The Hall–Kier alpha value is -1.57. The van der Waals surface area contributed by atoms with Crippen molar-refractivity contribution in [2.75, 3.05) is 6.61 Å². The number of hydrogen-bond donors (Lipinski definition) is 0. The van der Waals surface area contributed by atoms with Crippen LogP contribution in [0.25, 0.3) is 5.57 Å². The third kappa shape index (κ3) is 2.47. The van der Waals surface area contributed by atoms with Gasteiger partial charge in [-0.05, 0) is 41.9 Å². The zero-order chi connectivity index (χ0) is 13.2. The molecular formula is C16H20O2. The maximum Gasteiger partial charge on any atom is 0.331 e. The van der Waals surface area contributed by atoms with Crippen LogP contribution in [0.4, 0.5) is 0 Å². The molecule has 0 fully saturated rings. The van der Waals surface area contributed by atoms with Crippen molar-refractivity contribution in [1.82, 2.24) is 0 Å². The minimum atomic E-state index is -0.234. The normalized spacial score (nSPS) is 19.4. The summed E-state index contributed by atoms with van der Waals surface area (Å²) >= 11 is 0. The van der Waals surface area contributed by atoms with Crippen molar-refractivity contribution < 1.29 is 9.53 Å². The standard InChI is InChI=1S/C16H20O2/c1-4-18-15(17)11-12-9-10-16(2,3)14-8-6-5-7-13(12)14/h5-8,11H,4,9-10H2,1-3H3/b12-11-. The SMILES string of the molecule is CCOC(=O)/C=C1/CCC(C)(C)c2ccccc21. The number of rotatable bonds is 2. The van der Waals surface area contributed by atoms with Crippen LogP contribution in [0.3, 0.4) is 0 Å². The van der Waals surface area contributed by atoms with Crippen LogP contribution in [0.5, 0.6) is 0 Å². The van der Waals surface area contributed by atoms with Crippen LogP contribution in [0.15, 0.2) is 30.3 Å². The molecule has 2 nitrogen and oxygen atoms in total. The van der Waals surface area contributed by atoms with Gasteiger partial charge >= 0.3 is 5.97 Å². The van der Waals surface area contributed by atoms with E-state index < -0.39 is 0 Å². The van der Waals surface area contributed by atoms with Crippen molar-refractivity contribution in [3.8, 4) is 0 Å². The summed E-state index contributed by atoms with van der Waals surface area (Å²) in [6.45, 7) is 6.77. The zero-order valence-corrected chi connectivity index (χ0v) is 11.3. The minimum Gasteiger partial charge on any atom is -0.463 e. The topological polar surface area (TPSA) is 26.3 Å². The molecule has 0 saturated heterocycles. The smallest absolute Gasteiger partial charge is 0.331 e. The Morgan fingerprint density at radius 1 is 1.39 bits per heavy atom. The van der Waals surface area contributed by atoms with Crippen LogP contribution in [-0.2, 0) is 14.9 Å². The fourth-order valence-corrected chi connectivity index (χ4v) is 2.55. The van der Waals surface area contributed by atoms with E-state index in [-0.39, 0.29) is 11.4 Å². The van der Waals surface area contributed by atoms with Crippen molar-refractivity contribution in [1.29, 1.82) is 0 Å². The highest BCUT2D eigenvalue weighted by atomic mass is 16.5. The van der Waals surface area contributed by atoms with Crippen LogP contribution in [0, 0.1) is 0 Å². The number of fused-ring (bicyclic) bond motifs is 1. The van der Waals surface area contributed by atoms with E-state index in [4.69, 9.17) is 4.74 Å². The number of esters is 1. The fourth-order valence-electron chi connectivity index (χ4n) is 2.55. The van der Waals surface area contributed by atoms with Crippen LogP contribution in [0.2, 0.25) is 0 Å². The van der Waals surface area contributed by atoms with E-state index in [1.54, 1.807) is 6.08 Å². The molecule has 1 aromatic rings. The number of hydrogen-bond acceptors (Lipinski definition) is 2. The highest BCUT2D eigenvalue weighted by Gasteiger charge is 2.29. The second-order valence-corrected chi connectivity index (χ2v) is 5.35. The van der Waals surface area contributed by atoms with Gasteiger partial charge in [0, 0.05) is 6.08 Å². The Labute approximate surface area is 109 Å². The number of carbonyl (C=O) groups is 1. The lowest BCUT2D eigenvalue weighted by atomic mass is 9.71. The van der Waals surface area contributed by atoms with Gasteiger partial charge in [0.15, 0.2) is 0 Å². The Balaban J connectivity index is 2.40. The van der Waals surface area contributed by atoms with Gasteiger partial charge in [-0.3, -0.25) is 0 Å². The first-order chi connectivity index (χ1) is 8.54. The first kappa shape index (κ1) is 12.9. The van der Waals surface area contributed by atoms with Crippen molar-refractivity contribution >= 4 is 11.5 Å². The van der Waals surface area contributed by atoms with Gasteiger partial charge < -0.3 is 4.74 Å². The molecule has 0 aliphatic heterocycles. The van der Waals surface area contributed by atoms with E-state index in [0.29, 0.717) is 6.61 Å². The molecule has 0 saturated carbocycles. The Morgan fingerprint density at radius 2 is 2.11 bits per heavy atom. The van der Waals surface area contributed by atoms with Gasteiger partial charge in [-0.25, -0.2) is 4.79 Å². The molecule has 0 N–H and O–H groups in total. The molecule has 1 aliphatic rings. The van der Waals surface area contributed by atoms with Crippen molar-refractivity contribution in [2.45, 2.75) is 39.0 Å². The highest BCUT2D eigenvalue weighted by Crippen LogP contribution is 2.41. The maximum atomic E-state index is 11.6. The first-order valence-corrected chi connectivity index (χ1v) is 6.52. The quantitative estimate of drug-likeness (QED) is 0.585. The zero-order valence-electron chi connectivity index (χ0n) is 11.3. The number of allylic oxidation sites excluding steroid dienone is 1. The van der Waals surface area contributed by atoms with E-state index in [9.17, 15) is 4.79 Å². The predicted octanol–water partition coefficient (Wildman–Crippen LogP) is 3.70. The molecule has 96 valence electrons. The van der Waals surface area contributed by atoms with Gasteiger partial charge in [-0.15, -0.1) is 0 Å². The lowest BCUT2D eigenvalue weighted by Gasteiger charge is -2.33. The second kappa shape index (κ2) is 4.97. The number of carbonyl (C=O) groups excluding carboxylic acids is 1. The molecule has 2 heteroatoms. The summed E-state index contributed by atoms with van der Waals surface area (Å²) in [4.78, 5) is 11.6. The first-order valence-electron chi connectivity index (χ1n) is 6.52. The van der Waals surface area contributed by atoms with Crippen molar-refractivity contribution in [3.05, 3.63) is 41.5 Å². The van der Waals surface area contributed by atoms with Crippen LogP contribution >= 0.6 is 0 Å². The molecule has 1 aliphatic carbocycles.